The van der Waals surface area contributed by atoms with Crippen LogP contribution in [-0.2, 0) is 4.74 Å². The molecule has 1 aliphatic heterocycles. The molecule has 0 bridgehead atoms. The molecule has 4 heteroatoms. The second kappa shape index (κ2) is 9.91. The number of fused-ring (bicyclic) bond motifs is 7. The minimum Gasteiger partial charge on any atom is -0.371 e. The first kappa shape index (κ1) is 27.1. The molecule has 1 heterocycles. The summed E-state index contributed by atoms with van der Waals surface area (Å²) in [6, 6.07) is 0.870. The lowest BCUT2D eigenvalue weighted by atomic mass is 9.44. The molecule has 6 saturated carbocycles. The van der Waals surface area contributed by atoms with Gasteiger partial charge < -0.3 is 15.4 Å². The van der Waals surface area contributed by atoms with Gasteiger partial charge in [-0.05, 0) is 142 Å². The zero-order valence-electron chi connectivity index (χ0n) is 25.6. The minimum absolute atomic E-state index is 0.106. The molecular weight excluding hydrogens is 480 g/mol. The molecule has 1 spiro atoms. The van der Waals surface area contributed by atoms with Gasteiger partial charge in [0.15, 0.2) is 0 Å². The average Bonchev–Trinajstić information content (AvgIpc) is 3.36. The second-order valence-corrected chi connectivity index (χ2v) is 16.6. The third-order valence-corrected chi connectivity index (χ3v) is 14.9. The van der Waals surface area contributed by atoms with E-state index >= 15 is 0 Å². The molecular formula is C35H58N2O2. The molecule has 0 unspecified atom stereocenters. The van der Waals surface area contributed by atoms with Crippen molar-refractivity contribution in [2.45, 2.75) is 161 Å². The van der Waals surface area contributed by atoms with Gasteiger partial charge in [-0.25, -0.2) is 4.79 Å². The van der Waals surface area contributed by atoms with Gasteiger partial charge in [0, 0.05) is 12.1 Å². The topological polar surface area (TPSA) is 50.4 Å². The average molecular weight is 539 g/mol. The Balaban J connectivity index is 1.00. The summed E-state index contributed by atoms with van der Waals surface area (Å²) in [5, 5.41) is 6.73. The monoisotopic (exact) mass is 538 g/mol. The fourth-order valence-corrected chi connectivity index (χ4v) is 12.7. The number of carbonyl (C=O) groups is 1. The molecule has 1 saturated heterocycles. The summed E-state index contributed by atoms with van der Waals surface area (Å²) < 4.78 is 7.20. The van der Waals surface area contributed by atoms with E-state index in [0.717, 1.165) is 54.3 Å². The maximum Gasteiger partial charge on any atom is 0.315 e. The first-order chi connectivity index (χ1) is 18.7. The molecule has 39 heavy (non-hydrogen) atoms. The molecule has 2 amide bonds. The largest absolute Gasteiger partial charge is 0.371 e. The second-order valence-electron chi connectivity index (χ2n) is 16.6. The zero-order chi connectivity index (χ0) is 27.0. The van der Waals surface area contributed by atoms with Crippen LogP contribution < -0.4 is 10.6 Å². The summed E-state index contributed by atoms with van der Waals surface area (Å²) in [7, 11) is 0. The Morgan fingerprint density at radius 1 is 0.718 bits per heavy atom. The van der Waals surface area contributed by atoms with E-state index in [1.54, 1.807) is 0 Å². The van der Waals surface area contributed by atoms with Gasteiger partial charge in [0.25, 0.3) is 0 Å². The fraction of sp³-hybridized carbons (Fsp3) is 0.971. The SMILES string of the molecule is C[C@H]1[C@H]2[C@H](C[C@H]3[C@@H]4CC[C@@H]5C[C@H](NC(=O)NC6CCCCC6)CC[C@]5(C)[C@H]4CC[C@]23C)O[C@]12CC[C@H](C)CC2. The fourth-order valence-electron chi connectivity index (χ4n) is 12.7. The van der Waals surface area contributed by atoms with Crippen molar-refractivity contribution >= 4 is 6.03 Å². The molecule has 7 aliphatic rings. The number of ether oxygens (including phenoxy) is 1. The van der Waals surface area contributed by atoms with E-state index in [-0.39, 0.29) is 11.6 Å². The van der Waals surface area contributed by atoms with Crippen LogP contribution in [0.25, 0.3) is 0 Å². The van der Waals surface area contributed by atoms with E-state index in [4.69, 9.17) is 4.74 Å². The predicted octanol–water partition coefficient (Wildman–Crippen LogP) is 8.24. The number of rotatable bonds is 2. The Morgan fingerprint density at radius 3 is 2.21 bits per heavy atom. The van der Waals surface area contributed by atoms with Crippen molar-refractivity contribution in [3.8, 4) is 0 Å². The van der Waals surface area contributed by atoms with Crippen LogP contribution in [0, 0.1) is 52.3 Å². The Hall–Kier alpha value is -0.770. The molecule has 7 rings (SSSR count). The van der Waals surface area contributed by atoms with Crippen molar-refractivity contribution in [3.63, 3.8) is 0 Å². The van der Waals surface area contributed by atoms with Crippen LogP contribution in [0.2, 0.25) is 0 Å². The number of hydrogen-bond acceptors (Lipinski definition) is 2. The highest BCUT2D eigenvalue weighted by Crippen LogP contribution is 2.71. The van der Waals surface area contributed by atoms with Crippen LogP contribution >= 0.6 is 0 Å². The minimum atomic E-state index is 0.106. The van der Waals surface area contributed by atoms with Gasteiger partial charge in [0.2, 0.25) is 0 Å². The van der Waals surface area contributed by atoms with Crippen LogP contribution in [-0.4, -0.2) is 29.8 Å². The van der Waals surface area contributed by atoms with Crippen LogP contribution in [0.15, 0.2) is 0 Å². The standard InChI is InChI=1S/C35H58N2O2/c1-22-12-18-35(19-13-22)23(2)31-30(39-35)21-29-27-11-10-24-20-26(37-32(38)36-25-8-6-5-7-9-25)14-16-33(24,3)28(27)15-17-34(29,31)4/h22-31H,5-21H2,1-4H3,(H2,36,37,38)/t22-,23-,24+,26+,27+,28-,29-,30-,31-,33-,34-,35-/m0/s1. The van der Waals surface area contributed by atoms with Gasteiger partial charge in [-0.3, -0.25) is 0 Å². The Kier molecular flexibility index (Phi) is 6.88. The van der Waals surface area contributed by atoms with Crippen LogP contribution in [0.4, 0.5) is 4.79 Å². The molecule has 0 aromatic rings. The third kappa shape index (κ3) is 4.34. The van der Waals surface area contributed by atoms with E-state index in [0.29, 0.717) is 29.0 Å². The predicted molar refractivity (Wildman–Crippen MR) is 157 cm³/mol. The maximum atomic E-state index is 12.8. The summed E-state index contributed by atoms with van der Waals surface area (Å²) in [5.74, 6) is 5.82. The van der Waals surface area contributed by atoms with Crippen molar-refractivity contribution in [1.82, 2.24) is 10.6 Å². The first-order valence-corrected chi connectivity index (χ1v) is 17.5. The van der Waals surface area contributed by atoms with E-state index in [9.17, 15) is 4.79 Å². The first-order valence-electron chi connectivity index (χ1n) is 17.5. The van der Waals surface area contributed by atoms with Gasteiger partial charge in [-0.15, -0.1) is 0 Å². The highest BCUT2D eigenvalue weighted by Gasteiger charge is 2.68. The van der Waals surface area contributed by atoms with Crippen LogP contribution in [0.1, 0.15) is 137 Å². The van der Waals surface area contributed by atoms with Gasteiger partial charge in [0.05, 0.1) is 11.7 Å². The van der Waals surface area contributed by atoms with Gasteiger partial charge in [0.1, 0.15) is 0 Å². The lowest BCUT2D eigenvalue weighted by Crippen LogP contribution is -2.56. The van der Waals surface area contributed by atoms with Crippen molar-refractivity contribution in [2.24, 2.45) is 52.3 Å². The number of carbonyl (C=O) groups excluding carboxylic acids is 1. The molecule has 10 atom stereocenters. The summed E-state index contributed by atoms with van der Waals surface area (Å²) in [4.78, 5) is 12.8. The number of urea groups is 1. The normalized spacial score (nSPS) is 53.4. The van der Waals surface area contributed by atoms with E-state index in [2.05, 4.69) is 38.3 Å². The molecule has 4 nitrogen and oxygen atoms in total. The lowest BCUT2D eigenvalue weighted by Gasteiger charge is -2.61. The highest BCUT2D eigenvalue weighted by atomic mass is 16.5. The quantitative estimate of drug-likeness (QED) is 0.372. The van der Waals surface area contributed by atoms with Crippen LogP contribution in [0.3, 0.4) is 0 Å². The summed E-state index contributed by atoms with van der Waals surface area (Å²) in [5.41, 5.74) is 1.15. The van der Waals surface area contributed by atoms with E-state index in [1.165, 1.54) is 96.3 Å². The molecule has 0 aromatic carbocycles. The van der Waals surface area contributed by atoms with Gasteiger partial charge in [-0.2, -0.15) is 0 Å². The highest BCUT2D eigenvalue weighted by molar-refractivity contribution is 5.74. The summed E-state index contributed by atoms with van der Waals surface area (Å²) >= 11 is 0. The van der Waals surface area contributed by atoms with E-state index < -0.39 is 0 Å². The Bertz CT molecular complexity index is 922. The van der Waals surface area contributed by atoms with Crippen molar-refractivity contribution in [3.05, 3.63) is 0 Å². The molecule has 6 aliphatic carbocycles. The lowest BCUT2D eigenvalue weighted by molar-refractivity contribution is -0.128. The van der Waals surface area contributed by atoms with Crippen molar-refractivity contribution in [2.75, 3.05) is 0 Å². The smallest absolute Gasteiger partial charge is 0.315 e. The summed E-state index contributed by atoms with van der Waals surface area (Å²) in [6.45, 7) is 10.4. The molecule has 7 fully saturated rings. The molecule has 2 N–H and O–H groups in total. The van der Waals surface area contributed by atoms with E-state index in [1.807, 2.05) is 0 Å². The van der Waals surface area contributed by atoms with Gasteiger partial charge in [-0.1, -0.05) is 47.0 Å². The summed E-state index contributed by atoms with van der Waals surface area (Å²) in [6.07, 6.45) is 22.7. The van der Waals surface area contributed by atoms with Crippen molar-refractivity contribution in [1.29, 1.82) is 0 Å². The third-order valence-electron chi connectivity index (χ3n) is 14.9. The molecule has 0 radical (unpaired) electrons. The number of amides is 2. The number of nitrogens with one attached hydrogen (secondary N) is 2. The molecule has 220 valence electrons. The zero-order valence-corrected chi connectivity index (χ0v) is 25.6. The molecule has 0 aromatic heterocycles. The van der Waals surface area contributed by atoms with Crippen molar-refractivity contribution < 1.29 is 9.53 Å². The Labute approximate surface area is 238 Å². The maximum absolute atomic E-state index is 12.8. The van der Waals surface area contributed by atoms with Crippen LogP contribution in [0.5, 0.6) is 0 Å². The van der Waals surface area contributed by atoms with Gasteiger partial charge >= 0.3 is 6.03 Å². The Morgan fingerprint density at radius 2 is 1.44 bits per heavy atom. The number of hydrogen-bond donors (Lipinski definition) is 2.